The number of rotatable bonds is 1. The van der Waals surface area contributed by atoms with Gasteiger partial charge in [-0.05, 0) is 36.9 Å². The summed E-state index contributed by atoms with van der Waals surface area (Å²) in [6, 6.07) is 9.25. The number of nitrogens with one attached hydrogen (secondary N) is 1. The maximum absolute atomic E-state index is 12.9. The van der Waals surface area contributed by atoms with Crippen molar-refractivity contribution in [2.45, 2.75) is 36.8 Å². The van der Waals surface area contributed by atoms with E-state index in [-0.39, 0.29) is 28.3 Å². The molecule has 1 unspecified atom stereocenters. The van der Waals surface area contributed by atoms with Gasteiger partial charge in [-0.3, -0.25) is 9.69 Å². The van der Waals surface area contributed by atoms with Crippen LogP contribution in [-0.2, 0) is 14.9 Å². The number of para-hydroxylation sites is 1. The second-order valence-electron chi connectivity index (χ2n) is 8.67. The average molecular weight is 336 g/mol. The number of hydrogen-bond acceptors (Lipinski definition) is 4. The Labute approximate surface area is 148 Å². The van der Waals surface area contributed by atoms with Crippen LogP contribution in [0.3, 0.4) is 0 Å². The quantitative estimate of drug-likeness (QED) is 0.632. The molecule has 0 radical (unpaired) electrons. The van der Waals surface area contributed by atoms with Crippen LogP contribution < -0.4 is 5.32 Å². The van der Waals surface area contributed by atoms with Crippen LogP contribution in [0.5, 0.6) is 0 Å². The van der Waals surface area contributed by atoms with Gasteiger partial charge in [0.2, 0.25) is 0 Å². The predicted octanol–water partition coefficient (Wildman–Crippen LogP) is 2.56. The summed E-state index contributed by atoms with van der Waals surface area (Å²) < 4.78 is 5.30. The Morgan fingerprint density at radius 1 is 1.36 bits per heavy atom. The van der Waals surface area contributed by atoms with Gasteiger partial charge in [0.15, 0.2) is 0 Å². The maximum atomic E-state index is 12.9. The summed E-state index contributed by atoms with van der Waals surface area (Å²) in [4.78, 5) is 15.6. The molecule has 1 aromatic rings. The SMILES string of the molecule is COC(=O)[C@H]1C[C@]23C=CCN4CC[C@]5(c6ccccc6N[C@]15C2C)[C@@H]43. The molecule has 6 rings (SSSR count). The molecule has 0 amide bonds. The van der Waals surface area contributed by atoms with Crippen molar-refractivity contribution in [2.24, 2.45) is 17.3 Å². The third kappa shape index (κ3) is 1.19. The van der Waals surface area contributed by atoms with Crippen molar-refractivity contribution in [2.75, 3.05) is 25.5 Å². The highest BCUT2D eigenvalue weighted by molar-refractivity contribution is 5.82. The first-order valence-corrected chi connectivity index (χ1v) is 9.49. The van der Waals surface area contributed by atoms with Crippen molar-refractivity contribution in [3.63, 3.8) is 0 Å². The first-order valence-electron chi connectivity index (χ1n) is 9.49. The molecule has 4 nitrogen and oxygen atoms in total. The number of methoxy groups -OCH3 is 1. The fourth-order valence-electron chi connectivity index (χ4n) is 7.93. The number of ether oxygens (including phenoxy) is 1. The van der Waals surface area contributed by atoms with E-state index in [4.69, 9.17) is 4.74 Å². The van der Waals surface area contributed by atoms with Gasteiger partial charge in [0.05, 0.1) is 18.6 Å². The van der Waals surface area contributed by atoms with Crippen LogP contribution in [0.1, 0.15) is 25.3 Å². The predicted molar refractivity (Wildman–Crippen MR) is 95.3 cm³/mol. The zero-order valence-corrected chi connectivity index (χ0v) is 14.8. The Morgan fingerprint density at radius 2 is 2.20 bits per heavy atom. The monoisotopic (exact) mass is 336 g/mol. The lowest BCUT2D eigenvalue weighted by molar-refractivity contribution is -0.149. The molecule has 2 aliphatic carbocycles. The van der Waals surface area contributed by atoms with E-state index >= 15 is 0 Å². The zero-order chi connectivity index (χ0) is 17.0. The summed E-state index contributed by atoms with van der Waals surface area (Å²) in [5.41, 5.74) is 2.53. The van der Waals surface area contributed by atoms with E-state index in [0.29, 0.717) is 12.0 Å². The molecule has 4 heteroatoms. The minimum atomic E-state index is -0.224. The summed E-state index contributed by atoms with van der Waals surface area (Å²) in [6.45, 7) is 4.53. The fourth-order valence-corrected chi connectivity index (χ4v) is 7.93. The van der Waals surface area contributed by atoms with Crippen LogP contribution in [0, 0.1) is 17.3 Å². The van der Waals surface area contributed by atoms with Gasteiger partial charge in [-0.25, -0.2) is 0 Å². The number of carbonyl (C=O) groups is 1. The number of anilines is 1. The smallest absolute Gasteiger partial charge is 0.311 e. The molecule has 3 spiro atoms. The van der Waals surface area contributed by atoms with Gasteiger partial charge < -0.3 is 10.1 Å². The lowest BCUT2D eigenvalue weighted by Crippen LogP contribution is -2.63. The van der Waals surface area contributed by atoms with Crippen LogP contribution in [0.15, 0.2) is 36.4 Å². The first kappa shape index (κ1) is 14.4. The molecule has 1 aromatic carbocycles. The molecule has 2 saturated carbocycles. The number of hydrogen-bond donors (Lipinski definition) is 1. The highest BCUT2D eigenvalue weighted by atomic mass is 16.5. The van der Waals surface area contributed by atoms with Crippen LogP contribution in [0.25, 0.3) is 0 Å². The Morgan fingerprint density at radius 3 is 3.04 bits per heavy atom. The Bertz CT molecular complexity index is 835. The van der Waals surface area contributed by atoms with Crippen molar-refractivity contribution in [3.8, 4) is 0 Å². The van der Waals surface area contributed by atoms with Gasteiger partial charge in [0, 0.05) is 29.1 Å². The van der Waals surface area contributed by atoms with Gasteiger partial charge >= 0.3 is 5.97 Å². The molecule has 3 aliphatic heterocycles. The molecule has 3 fully saturated rings. The van der Waals surface area contributed by atoms with E-state index in [1.807, 2.05) is 0 Å². The first-order chi connectivity index (χ1) is 12.1. The molecular formula is C21H24N2O2. The summed E-state index contributed by atoms with van der Waals surface area (Å²) in [5, 5.41) is 3.92. The molecule has 6 atom stereocenters. The topological polar surface area (TPSA) is 41.6 Å². The van der Waals surface area contributed by atoms with E-state index < -0.39 is 0 Å². The fraction of sp³-hybridized carbons (Fsp3) is 0.571. The van der Waals surface area contributed by atoms with Crippen LogP contribution in [0.4, 0.5) is 5.69 Å². The van der Waals surface area contributed by atoms with Crippen LogP contribution in [-0.4, -0.2) is 42.6 Å². The number of nitrogens with zero attached hydrogens (tertiary/aromatic N) is 1. The largest absolute Gasteiger partial charge is 0.469 e. The zero-order valence-electron chi connectivity index (χ0n) is 14.8. The van der Waals surface area contributed by atoms with Crippen molar-refractivity contribution >= 4 is 11.7 Å². The molecule has 130 valence electrons. The summed E-state index contributed by atoms with van der Waals surface area (Å²) in [7, 11) is 1.54. The number of carbonyl (C=O) groups excluding carboxylic acids is 1. The highest BCUT2D eigenvalue weighted by Gasteiger charge is 2.85. The maximum Gasteiger partial charge on any atom is 0.311 e. The summed E-state index contributed by atoms with van der Waals surface area (Å²) in [5.74, 6) is 0.277. The van der Waals surface area contributed by atoms with Crippen molar-refractivity contribution < 1.29 is 9.53 Å². The summed E-state index contributed by atoms with van der Waals surface area (Å²) >= 11 is 0. The van der Waals surface area contributed by atoms with Gasteiger partial charge in [-0.15, -0.1) is 0 Å². The van der Waals surface area contributed by atoms with Gasteiger partial charge in [-0.2, -0.15) is 0 Å². The minimum Gasteiger partial charge on any atom is -0.469 e. The van der Waals surface area contributed by atoms with E-state index in [1.54, 1.807) is 0 Å². The Balaban J connectivity index is 1.69. The second kappa shape index (κ2) is 4.12. The van der Waals surface area contributed by atoms with Crippen LogP contribution >= 0.6 is 0 Å². The summed E-state index contributed by atoms with van der Waals surface area (Å²) in [6.07, 6.45) is 6.83. The van der Waals surface area contributed by atoms with E-state index in [2.05, 4.69) is 53.6 Å². The van der Waals surface area contributed by atoms with Crippen molar-refractivity contribution in [1.82, 2.24) is 4.90 Å². The van der Waals surface area contributed by atoms with Crippen LogP contribution in [0.2, 0.25) is 0 Å². The Kier molecular flexibility index (Phi) is 2.37. The highest BCUT2D eigenvalue weighted by Crippen LogP contribution is 2.78. The standard InChI is InChI=1S/C21H24N2O2/c1-13-19-8-5-10-23-11-9-20(18(19)23)14-6-3-4-7-16(14)22-21(13,20)15(12-19)17(24)25-2/h3-8,13,15,18,22H,9-12H2,1-2H3/t13?,15-,18+,19-,20+,21-/m1/s1. The number of benzene rings is 1. The molecule has 25 heavy (non-hydrogen) atoms. The van der Waals surface area contributed by atoms with Gasteiger partial charge in [0.25, 0.3) is 0 Å². The lowest BCUT2D eigenvalue weighted by atomic mass is 9.57. The molecule has 5 aliphatic rings. The average Bonchev–Trinajstić information content (AvgIpc) is 3.29. The molecule has 1 saturated heterocycles. The normalized spacial score (nSPS) is 48.0. The lowest BCUT2D eigenvalue weighted by Gasteiger charge is -2.50. The number of fused-ring (bicyclic) bond motifs is 1. The molecule has 1 N–H and O–H groups in total. The van der Waals surface area contributed by atoms with Gasteiger partial charge in [0.1, 0.15) is 0 Å². The molecule has 0 aromatic heterocycles. The second-order valence-corrected chi connectivity index (χ2v) is 8.67. The molecule has 3 heterocycles. The minimum absolute atomic E-state index is 0.0187. The van der Waals surface area contributed by atoms with Gasteiger partial charge in [-0.1, -0.05) is 37.3 Å². The Hall–Kier alpha value is -1.81. The van der Waals surface area contributed by atoms with E-state index in [1.165, 1.54) is 18.4 Å². The van der Waals surface area contributed by atoms with Crippen molar-refractivity contribution in [1.29, 1.82) is 0 Å². The third-order valence-electron chi connectivity index (χ3n) is 8.47. The third-order valence-corrected chi connectivity index (χ3v) is 8.47. The molecular weight excluding hydrogens is 312 g/mol. The molecule has 2 bridgehead atoms. The number of esters is 1. The van der Waals surface area contributed by atoms with E-state index in [9.17, 15) is 4.79 Å². The van der Waals surface area contributed by atoms with E-state index in [0.717, 1.165) is 25.9 Å². The van der Waals surface area contributed by atoms with Crippen molar-refractivity contribution in [3.05, 3.63) is 42.0 Å².